The molecular weight excluding hydrogens is 445 g/mol. The second-order valence-corrected chi connectivity index (χ2v) is 10.2. The lowest BCUT2D eigenvalue weighted by molar-refractivity contribution is 0.0576. The van der Waals surface area contributed by atoms with Crippen LogP contribution in [0.2, 0.25) is 0 Å². The van der Waals surface area contributed by atoms with Crippen molar-refractivity contribution in [1.29, 1.82) is 0 Å². The Hall–Kier alpha value is -2.93. The number of amides is 2. The zero-order valence-electron chi connectivity index (χ0n) is 20.6. The van der Waals surface area contributed by atoms with Crippen LogP contribution in [0.1, 0.15) is 54.1 Å². The maximum Gasteiger partial charge on any atom is 0.409 e. The van der Waals surface area contributed by atoms with E-state index in [-0.39, 0.29) is 23.2 Å². The van der Waals surface area contributed by atoms with Crippen molar-refractivity contribution >= 4 is 17.7 Å². The fourth-order valence-corrected chi connectivity index (χ4v) is 6.05. The molecular formula is C28H34FN3O3. The number of piperidine rings is 2. The van der Waals surface area contributed by atoms with Crippen LogP contribution in [0.3, 0.4) is 0 Å². The van der Waals surface area contributed by atoms with Crippen LogP contribution in [-0.4, -0.2) is 67.2 Å². The number of hydrogen-bond donors (Lipinski definition) is 0. The highest BCUT2D eigenvalue weighted by molar-refractivity contribution is 6.07. The number of nitrogens with zero attached hydrogens (tertiary/aromatic N) is 3. The first kappa shape index (κ1) is 23.8. The van der Waals surface area contributed by atoms with Crippen molar-refractivity contribution in [2.24, 2.45) is 0 Å². The number of carbonyl (C=O) groups excluding carboxylic acids is 2. The molecule has 0 unspecified atom stereocenters. The van der Waals surface area contributed by atoms with Gasteiger partial charge in [-0.3, -0.25) is 4.79 Å². The highest BCUT2D eigenvalue weighted by Gasteiger charge is 2.47. The third-order valence-electron chi connectivity index (χ3n) is 8.09. The molecule has 3 heterocycles. The minimum Gasteiger partial charge on any atom is -0.450 e. The molecule has 2 aromatic rings. The van der Waals surface area contributed by atoms with Crippen molar-refractivity contribution in [3.63, 3.8) is 0 Å². The second-order valence-electron chi connectivity index (χ2n) is 10.2. The van der Waals surface area contributed by atoms with Crippen LogP contribution in [-0.2, 0) is 10.2 Å². The lowest BCUT2D eigenvalue weighted by atomic mass is 9.74. The summed E-state index contributed by atoms with van der Waals surface area (Å²) in [5.41, 5.74) is 3.36. The molecule has 2 saturated heterocycles. The van der Waals surface area contributed by atoms with Gasteiger partial charge in [0.2, 0.25) is 0 Å². The molecule has 2 aromatic carbocycles. The Labute approximate surface area is 206 Å². The van der Waals surface area contributed by atoms with Crippen LogP contribution in [0.5, 0.6) is 0 Å². The quantitative estimate of drug-likeness (QED) is 0.638. The van der Waals surface area contributed by atoms with Gasteiger partial charge in [-0.15, -0.1) is 0 Å². The van der Waals surface area contributed by atoms with Crippen LogP contribution in [0, 0.1) is 12.7 Å². The van der Waals surface area contributed by atoms with Gasteiger partial charge >= 0.3 is 6.09 Å². The highest BCUT2D eigenvalue weighted by Crippen LogP contribution is 2.48. The van der Waals surface area contributed by atoms with E-state index in [2.05, 4.69) is 4.90 Å². The van der Waals surface area contributed by atoms with Gasteiger partial charge in [-0.2, -0.15) is 0 Å². The summed E-state index contributed by atoms with van der Waals surface area (Å²) in [4.78, 5) is 31.7. The van der Waals surface area contributed by atoms with E-state index in [1.165, 1.54) is 6.07 Å². The van der Waals surface area contributed by atoms with Crippen LogP contribution >= 0.6 is 0 Å². The third-order valence-corrected chi connectivity index (χ3v) is 8.09. The van der Waals surface area contributed by atoms with Gasteiger partial charge < -0.3 is 19.4 Å². The van der Waals surface area contributed by atoms with E-state index in [0.717, 1.165) is 68.7 Å². The van der Waals surface area contributed by atoms with Gasteiger partial charge in [0, 0.05) is 42.3 Å². The molecule has 0 radical (unpaired) electrons. The van der Waals surface area contributed by atoms with E-state index >= 15 is 0 Å². The molecule has 0 aromatic heterocycles. The highest BCUT2D eigenvalue weighted by atomic mass is 19.1. The van der Waals surface area contributed by atoms with E-state index in [1.54, 1.807) is 17.0 Å². The molecule has 6 nitrogen and oxygen atoms in total. The maximum atomic E-state index is 14.4. The molecule has 7 heteroatoms. The third kappa shape index (κ3) is 4.54. The summed E-state index contributed by atoms with van der Waals surface area (Å²) in [7, 11) is 0. The molecule has 3 aliphatic heterocycles. The normalized spacial score (nSPS) is 20.2. The Balaban J connectivity index is 1.29. The summed E-state index contributed by atoms with van der Waals surface area (Å²) in [6.45, 7) is 8.09. The number of benzene rings is 2. The number of likely N-dealkylation sites (tertiary alicyclic amines) is 2. The fourth-order valence-electron chi connectivity index (χ4n) is 6.05. The van der Waals surface area contributed by atoms with Gasteiger partial charge in [0.05, 0.1) is 6.61 Å². The summed E-state index contributed by atoms with van der Waals surface area (Å²) >= 11 is 0. The minimum atomic E-state index is -0.249. The van der Waals surface area contributed by atoms with Crippen LogP contribution in [0.4, 0.5) is 14.9 Å². The van der Waals surface area contributed by atoms with Crippen LogP contribution < -0.4 is 4.90 Å². The topological polar surface area (TPSA) is 53.1 Å². The Bertz CT molecular complexity index is 1090. The summed E-state index contributed by atoms with van der Waals surface area (Å²) in [5.74, 6) is -0.273. The Morgan fingerprint density at radius 1 is 1.03 bits per heavy atom. The lowest BCUT2D eigenvalue weighted by Crippen LogP contribution is -2.52. The maximum absolute atomic E-state index is 14.4. The molecule has 0 bridgehead atoms. The molecule has 2 fully saturated rings. The number of fused-ring (bicyclic) bond motifs is 2. The van der Waals surface area contributed by atoms with Crippen molar-refractivity contribution in [3.05, 3.63) is 65.0 Å². The molecule has 2 amide bonds. The Morgan fingerprint density at radius 2 is 1.71 bits per heavy atom. The smallest absolute Gasteiger partial charge is 0.409 e. The van der Waals surface area contributed by atoms with Gasteiger partial charge in [-0.1, -0.05) is 17.7 Å². The van der Waals surface area contributed by atoms with Crippen LogP contribution in [0.15, 0.2) is 42.5 Å². The number of halogens is 1. The number of carbonyl (C=O) groups is 2. The zero-order valence-corrected chi connectivity index (χ0v) is 20.6. The summed E-state index contributed by atoms with van der Waals surface area (Å²) in [6.07, 6.45) is 3.44. The first-order valence-electron chi connectivity index (χ1n) is 12.7. The Kier molecular flexibility index (Phi) is 6.53. The molecule has 0 saturated carbocycles. The lowest BCUT2D eigenvalue weighted by Gasteiger charge is -2.45. The summed E-state index contributed by atoms with van der Waals surface area (Å²) < 4.78 is 19.5. The predicted molar refractivity (Wildman–Crippen MR) is 133 cm³/mol. The van der Waals surface area contributed by atoms with Crippen molar-refractivity contribution in [2.45, 2.75) is 51.0 Å². The molecule has 5 rings (SSSR count). The van der Waals surface area contributed by atoms with Crippen LogP contribution in [0.25, 0.3) is 0 Å². The van der Waals surface area contributed by atoms with Crippen molar-refractivity contribution in [3.8, 4) is 0 Å². The van der Waals surface area contributed by atoms with Gasteiger partial charge in [0.25, 0.3) is 5.91 Å². The minimum absolute atomic E-state index is 0.0245. The van der Waals surface area contributed by atoms with Gasteiger partial charge in [0.15, 0.2) is 0 Å². The van der Waals surface area contributed by atoms with Gasteiger partial charge in [-0.05, 0) is 88.5 Å². The van der Waals surface area contributed by atoms with E-state index in [0.29, 0.717) is 24.8 Å². The summed E-state index contributed by atoms with van der Waals surface area (Å²) in [6, 6.07) is 13.0. The van der Waals surface area contributed by atoms with Crippen molar-refractivity contribution < 1.29 is 18.7 Å². The molecule has 35 heavy (non-hydrogen) atoms. The molecule has 0 atom stereocenters. The fraction of sp³-hybridized carbons (Fsp3) is 0.500. The average molecular weight is 480 g/mol. The zero-order chi connectivity index (χ0) is 24.6. The standard InChI is InChI=1S/C28H34FN3O3/c1-3-35-27(34)31-14-10-23(11-15-31)30-16-12-28(13-17-30)19-32(25-9-8-22(29)18-24(25)28)26(33)21-6-4-20(2)5-7-21/h4-9,18,23H,3,10-17,19H2,1-2H3. The first-order chi connectivity index (χ1) is 16.9. The number of anilines is 1. The van der Waals surface area contributed by atoms with Gasteiger partial charge in [0.1, 0.15) is 5.82 Å². The van der Waals surface area contributed by atoms with E-state index < -0.39 is 0 Å². The monoisotopic (exact) mass is 479 g/mol. The SMILES string of the molecule is CCOC(=O)N1CCC(N2CCC3(CC2)CN(C(=O)c2ccc(C)cc2)c2ccc(F)cc23)CC1. The molecule has 186 valence electrons. The van der Waals surface area contributed by atoms with Gasteiger partial charge in [-0.25, -0.2) is 9.18 Å². The number of hydrogen-bond acceptors (Lipinski definition) is 4. The second kappa shape index (κ2) is 9.61. The predicted octanol–water partition coefficient (Wildman–Crippen LogP) is 4.75. The van der Waals surface area contributed by atoms with Crippen molar-refractivity contribution in [2.75, 3.05) is 44.2 Å². The molecule has 1 spiro atoms. The number of aryl methyl sites for hydroxylation is 1. The molecule has 0 N–H and O–H groups in total. The van der Waals surface area contributed by atoms with E-state index in [1.807, 2.05) is 43.0 Å². The Morgan fingerprint density at radius 3 is 2.37 bits per heavy atom. The summed E-state index contributed by atoms with van der Waals surface area (Å²) in [5, 5.41) is 0. The number of ether oxygens (including phenoxy) is 1. The average Bonchev–Trinajstić information content (AvgIpc) is 3.18. The van der Waals surface area contributed by atoms with E-state index in [4.69, 9.17) is 4.74 Å². The largest absolute Gasteiger partial charge is 0.450 e. The number of rotatable bonds is 3. The van der Waals surface area contributed by atoms with Crippen molar-refractivity contribution in [1.82, 2.24) is 9.80 Å². The molecule has 0 aliphatic carbocycles. The molecule has 3 aliphatic rings. The first-order valence-corrected chi connectivity index (χ1v) is 12.7. The van der Waals surface area contributed by atoms with E-state index in [9.17, 15) is 14.0 Å².